The molecule has 0 aliphatic carbocycles. The summed E-state index contributed by atoms with van der Waals surface area (Å²) in [7, 11) is 0. The first-order chi connectivity index (χ1) is 7.22. The Morgan fingerprint density at radius 2 is 2.20 bits per heavy atom. The Kier molecular flexibility index (Phi) is 2.37. The lowest BCUT2D eigenvalue weighted by Gasteiger charge is -2.11. The summed E-state index contributed by atoms with van der Waals surface area (Å²) in [6.07, 6.45) is -1.06. The lowest BCUT2D eigenvalue weighted by Crippen LogP contribution is -2.15. The maximum atomic E-state index is 9.58. The van der Waals surface area contributed by atoms with Gasteiger partial charge in [-0.1, -0.05) is 6.07 Å². The number of hydrogen-bond donors (Lipinski definition) is 3. The highest BCUT2D eigenvalue weighted by Gasteiger charge is 2.17. The van der Waals surface area contributed by atoms with E-state index in [1.807, 2.05) is 0 Å². The number of nitrogens with zero attached hydrogens (tertiary/aromatic N) is 2. The first-order valence-corrected chi connectivity index (χ1v) is 4.41. The molecule has 2 atom stereocenters. The van der Waals surface area contributed by atoms with E-state index in [1.54, 1.807) is 30.6 Å². The van der Waals surface area contributed by atoms with Crippen LogP contribution in [0.15, 0.2) is 24.5 Å². The summed E-state index contributed by atoms with van der Waals surface area (Å²) < 4.78 is 0. The van der Waals surface area contributed by atoms with Crippen LogP contribution < -0.4 is 0 Å². The average Bonchev–Trinajstić information content (AvgIpc) is 2.73. The summed E-state index contributed by atoms with van der Waals surface area (Å²) in [4.78, 5) is 6.90. The number of aliphatic hydroxyl groups is 2. The molecule has 76 valence electrons. The molecule has 0 aliphatic rings. The maximum absolute atomic E-state index is 9.58. The lowest BCUT2D eigenvalue weighted by atomic mass is 10.0. The van der Waals surface area contributed by atoms with Crippen molar-refractivity contribution in [2.45, 2.75) is 12.2 Å². The molecular formula is C10H9N3O2. The summed E-state index contributed by atoms with van der Waals surface area (Å²) in [5, 5.41) is 27.2. The van der Waals surface area contributed by atoms with Gasteiger partial charge in [-0.3, -0.25) is 0 Å². The van der Waals surface area contributed by atoms with E-state index >= 15 is 0 Å². The van der Waals surface area contributed by atoms with Crippen molar-refractivity contribution in [2.24, 2.45) is 0 Å². The van der Waals surface area contributed by atoms with Gasteiger partial charge in [0, 0.05) is 0 Å². The Morgan fingerprint density at radius 1 is 1.40 bits per heavy atom. The fourth-order valence-electron chi connectivity index (χ4n) is 1.39. The number of fused-ring (bicyclic) bond motifs is 1. The van der Waals surface area contributed by atoms with Crippen LogP contribution in [0.25, 0.3) is 11.0 Å². The van der Waals surface area contributed by atoms with E-state index in [2.05, 4.69) is 9.97 Å². The van der Waals surface area contributed by atoms with Crippen molar-refractivity contribution in [3.63, 3.8) is 0 Å². The topological polar surface area (TPSA) is 92.9 Å². The monoisotopic (exact) mass is 203 g/mol. The van der Waals surface area contributed by atoms with Crippen molar-refractivity contribution in [3.05, 3.63) is 30.1 Å². The summed E-state index contributed by atoms with van der Waals surface area (Å²) in [5.74, 6) is 0. The SMILES string of the molecule is N#CC(O)C(O)c1ccc2nc[nH]c2c1. The Morgan fingerprint density at radius 3 is 2.93 bits per heavy atom. The Hall–Kier alpha value is -1.90. The van der Waals surface area contributed by atoms with Crippen LogP contribution in [0.2, 0.25) is 0 Å². The Balaban J connectivity index is 2.40. The van der Waals surface area contributed by atoms with E-state index in [0.29, 0.717) is 5.56 Å². The molecule has 15 heavy (non-hydrogen) atoms. The number of rotatable bonds is 2. The number of benzene rings is 1. The summed E-state index contributed by atoms with van der Waals surface area (Å²) in [6.45, 7) is 0. The largest absolute Gasteiger partial charge is 0.385 e. The van der Waals surface area contributed by atoms with E-state index in [0.717, 1.165) is 11.0 Å². The third-order valence-electron chi connectivity index (χ3n) is 2.22. The van der Waals surface area contributed by atoms with E-state index in [-0.39, 0.29) is 0 Å². The molecule has 3 N–H and O–H groups in total. The van der Waals surface area contributed by atoms with Crippen molar-refractivity contribution in [2.75, 3.05) is 0 Å². The van der Waals surface area contributed by atoms with Crippen LogP contribution in [-0.4, -0.2) is 26.3 Å². The number of H-pyrrole nitrogens is 1. The van der Waals surface area contributed by atoms with Gasteiger partial charge in [0.05, 0.1) is 23.4 Å². The Bertz CT molecular complexity index is 515. The Labute approximate surface area is 85.6 Å². The van der Waals surface area contributed by atoms with Gasteiger partial charge in [0.25, 0.3) is 0 Å². The van der Waals surface area contributed by atoms with Gasteiger partial charge in [-0.2, -0.15) is 5.26 Å². The van der Waals surface area contributed by atoms with Crippen molar-refractivity contribution in [3.8, 4) is 6.07 Å². The molecule has 1 aromatic heterocycles. The molecule has 0 aliphatic heterocycles. The molecule has 2 unspecified atom stereocenters. The molecule has 0 saturated carbocycles. The second kappa shape index (κ2) is 3.69. The summed E-state index contributed by atoms with van der Waals surface area (Å²) >= 11 is 0. The molecule has 1 heterocycles. The molecule has 5 nitrogen and oxygen atoms in total. The van der Waals surface area contributed by atoms with Gasteiger partial charge in [0.2, 0.25) is 0 Å². The molecule has 0 radical (unpaired) electrons. The molecule has 0 saturated heterocycles. The predicted octanol–water partition coefficient (Wildman–Crippen LogP) is 0.481. The van der Waals surface area contributed by atoms with Crippen molar-refractivity contribution >= 4 is 11.0 Å². The number of nitriles is 1. The molecule has 0 amide bonds. The molecule has 2 rings (SSSR count). The molecule has 2 aromatic rings. The first-order valence-electron chi connectivity index (χ1n) is 4.41. The minimum atomic E-state index is -1.41. The summed E-state index contributed by atoms with van der Waals surface area (Å²) in [5.41, 5.74) is 2.02. The van der Waals surface area contributed by atoms with Crippen LogP contribution in [0.5, 0.6) is 0 Å². The molecule has 5 heteroatoms. The van der Waals surface area contributed by atoms with Crippen LogP contribution in [0.4, 0.5) is 0 Å². The summed E-state index contributed by atoms with van der Waals surface area (Å²) in [6, 6.07) is 6.60. The molecular weight excluding hydrogens is 194 g/mol. The smallest absolute Gasteiger partial charge is 0.170 e. The van der Waals surface area contributed by atoms with Gasteiger partial charge in [-0.15, -0.1) is 0 Å². The van der Waals surface area contributed by atoms with Crippen molar-refractivity contribution in [1.29, 1.82) is 5.26 Å². The van der Waals surface area contributed by atoms with Gasteiger partial charge in [0.1, 0.15) is 6.10 Å². The molecule has 0 bridgehead atoms. The molecule has 0 spiro atoms. The number of aromatic nitrogens is 2. The van der Waals surface area contributed by atoms with Gasteiger partial charge >= 0.3 is 0 Å². The van der Waals surface area contributed by atoms with Gasteiger partial charge in [-0.05, 0) is 17.7 Å². The average molecular weight is 203 g/mol. The zero-order chi connectivity index (χ0) is 10.8. The van der Waals surface area contributed by atoms with Crippen LogP contribution >= 0.6 is 0 Å². The van der Waals surface area contributed by atoms with Crippen LogP contribution in [0, 0.1) is 11.3 Å². The first kappa shape index (κ1) is 9.65. The number of imidazole rings is 1. The normalized spacial score (nSPS) is 14.7. The van der Waals surface area contributed by atoms with Crippen LogP contribution in [0.3, 0.4) is 0 Å². The highest BCUT2D eigenvalue weighted by atomic mass is 16.3. The lowest BCUT2D eigenvalue weighted by molar-refractivity contribution is 0.0529. The second-order valence-electron chi connectivity index (χ2n) is 3.20. The third kappa shape index (κ3) is 1.68. The van der Waals surface area contributed by atoms with Gasteiger partial charge < -0.3 is 15.2 Å². The van der Waals surface area contributed by atoms with Crippen molar-refractivity contribution in [1.82, 2.24) is 9.97 Å². The predicted molar refractivity (Wildman–Crippen MR) is 52.7 cm³/mol. The number of aromatic amines is 1. The number of nitrogens with one attached hydrogen (secondary N) is 1. The number of hydrogen-bond acceptors (Lipinski definition) is 4. The fraction of sp³-hybridized carbons (Fsp3) is 0.200. The van der Waals surface area contributed by atoms with E-state index in [4.69, 9.17) is 10.4 Å². The minimum Gasteiger partial charge on any atom is -0.385 e. The highest BCUT2D eigenvalue weighted by Crippen LogP contribution is 2.20. The van der Waals surface area contributed by atoms with E-state index in [9.17, 15) is 5.11 Å². The van der Waals surface area contributed by atoms with Gasteiger partial charge in [0.15, 0.2) is 6.10 Å². The zero-order valence-corrected chi connectivity index (χ0v) is 7.75. The van der Waals surface area contributed by atoms with E-state index < -0.39 is 12.2 Å². The minimum absolute atomic E-state index is 0.487. The quantitative estimate of drug-likeness (QED) is 0.619. The molecule has 0 fully saturated rings. The van der Waals surface area contributed by atoms with E-state index in [1.165, 1.54) is 0 Å². The highest BCUT2D eigenvalue weighted by molar-refractivity contribution is 5.75. The van der Waals surface area contributed by atoms with Crippen molar-refractivity contribution < 1.29 is 10.2 Å². The standard InChI is InChI=1S/C10H9N3O2/c11-4-9(14)10(15)6-1-2-7-8(3-6)13-5-12-7/h1-3,5,9-10,14-15H,(H,12,13). The molecule has 1 aromatic carbocycles. The second-order valence-corrected chi connectivity index (χ2v) is 3.20. The fourth-order valence-corrected chi connectivity index (χ4v) is 1.39. The van der Waals surface area contributed by atoms with Crippen LogP contribution in [0.1, 0.15) is 11.7 Å². The zero-order valence-electron chi connectivity index (χ0n) is 7.75. The van der Waals surface area contributed by atoms with Crippen LogP contribution in [-0.2, 0) is 0 Å². The van der Waals surface area contributed by atoms with Gasteiger partial charge in [-0.25, -0.2) is 4.98 Å². The number of aliphatic hydroxyl groups excluding tert-OH is 2. The third-order valence-corrected chi connectivity index (χ3v) is 2.22. The maximum Gasteiger partial charge on any atom is 0.170 e.